The Morgan fingerprint density at radius 3 is 1.05 bits per heavy atom. The number of carbonyl (C=O) groups is 2. The van der Waals surface area contributed by atoms with E-state index in [4.69, 9.17) is 18.5 Å². The number of ether oxygens (including phenoxy) is 2. The van der Waals surface area contributed by atoms with Gasteiger partial charge in [-0.25, -0.2) is 4.57 Å². The topological polar surface area (TPSA) is 108 Å². The quantitative estimate of drug-likeness (QED) is 0.0211. The minimum Gasteiger partial charge on any atom is -0.462 e. The molecular formula is C66H123NO8P+. The number of rotatable bonds is 59. The number of phosphoric acid groups is 1. The number of phosphoric ester groups is 1. The molecule has 0 rings (SSSR count). The molecule has 0 saturated heterocycles. The van der Waals surface area contributed by atoms with Crippen LogP contribution in [0.3, 0.4) is 0 Å². The lowest BCUT2D eigenvalue weighted by Crippen LogP contribution is -2.37. The average Bonchev–Trinajstić information content (AvgIpc) is 3.38. The third-order valence-electron chi connectivity index (χ3n) is 14.0. The van der Waals surface area contributed by atoms with Gasteiger partial charge >= 0.3 is 19.8 Å². The Kier molecular flexibility index (Phi) is 55.7. The molecule has 0 aromatic rings. The molecular weight excluding hydrogens is 966 g/mol. The molecule has 9 nitrogen and oxygen atoms in total. The fourth-order valence-electron chi connectivity index (χ4n) is 9.05. The van der Waals surface area contributed by atoms with Gasteiger partial charge in [0, 0.05) is 12.8 Å². The number of hydrogen-bond acceptors (Lipinski definition) is 7. The second-order valence-electron chi connectivity index (χ2n) is 22.8. The van der Waals surface area contributed by atoms with Crippen molar-refractivity contribution in [1.82, 2.24) is 0 Å². The predicted molar refractivity (Wildman–Crippen MR) is 326 cm³/mol. The molecule has 2 unspecified atom stereocenters. The number of esters is 2. The summed E-state index contributed by atoms with van der Waals surface area (Å²) in [4.78, 5) is 35.8. The maximum absolute atomic E-state index is 12.8. The summed E-state index contributed by atoms with van der Waals surface area (Å²) in [5, 5.41) is 0. The molecule has 0 aromatic heterocycles. The Bertz CT molecular complexity index is 1470. The summed E-state index contributed by atoms with van der Waals surface area (Å²) in [5.41, 5.74) is 0. The molecule has 10 heteroatoms. The lowest BCUT2D eigenvalue weighted by atomic mass is 10.0. The predicted octanol–water partition coefficient (Wildman–Crippen LogP) is 20.3. The van der Waals surface area contributed by atoms with E-state index in [1.165, 1.54) is 205 Å². The fourth-order valence-corrected chi connectivity index (χ4v) is 9.80. The summed E-state index contributed by atoms with van der Waals surface area (Å²) in [5.74, 6) is -0.792. The molecule has 0 aromatic carbocycles. The van der Waals surface area contributed by atoms with Crippen molar-refractivity contribution in [2.45, 2.75) is 302 Å². The normalized spacial score (nSPS) is 13.6. The Labute approximate surface area is 470 Å². The second-order valence-corrected chi connectivity index (χ2v) is 24.2. The van der Waals surface area contributed by atoms with E-state index in [-0.39, 0.29) is 32.0 Å². The van der Waals surface area contributed by atoms with Crippen LogP contribution in [0.2, 0.25) is 0 Å². The van der Waals surface area contributed by atoms with Crippen molar-refractivity contribution >= 4 is 19.8 Å². The van der Waals surface area contributed by atoms with E-state index >= 15 is 0 Å². The third-order valence-corrected chi connectivity index (χ3v) is 15.0. The zero-order chi connectivity index (χ0) is 55.6. The second kappa shape index (κ2) is 57.4. The van der Waals surface area contributed by atoms with Crippen molar-refractivity contribution in [3.05, 3.63) is 60.8 Å². The summed E-state index contributed by atoms with van der Waals surface area (Å²) >= 11 is 0. The van der Waals surface area contributed by atoms with Gasteiger partial charge in [-0.3, -0.25) is 18.6 Å². The van der Waals surface area contributed by atoms with Gasteiger partial charge in [0.05, 0.1) is 27.7 Å². The summed E-state index contributed by atoms with van der Waals surface area (Å²) in [6.07, 6.45) is 74.4. The number of likely N-dealkylation sites (N-methyl/N-ethyl adjacent to an activating group) is 1. The van der Waals surface area contributed by atoms with Gasteiger partial charge in [-0.15, -0.1) is 0 Å². The summed E-state index contributed by atoms with van der Waals surface area (Å²) in [7, 11) is 1.48. The summed E-state index contributed by atoms with van der Waals surface area (Å²) in [6, 6.07) is 0. The van der Waals surface area contributed by atoms with E-state index in [1.807, 2.05) is 21.1 Å². The van der Waals surface area contributed by atoms with E-state index in [0.29, 0.717) is 17.4 Å². The first kappa shape index (κ1) is 73.7. The van der Waals surface area contributed by atoms with Crippen molar-refractivity contribution in [2.24, 2.45) is 0 Å². The summed E-state index contributed by atoms with van der Waals surface area (Å²) < 4.78 is 34.7. The van der Waals surface area contributed by atoms with Crippen LogP contribution in [0.15, 0.2) is 60.8 Å². The zero-order valence-electron chi connectivity index (χ0n) is 50.5. The minimum absolute atomic E-state index is 0.0301. The summed E-state index contributed by atoms with van der Waals surface area (Å²) in [6.45, 7) is 4.44. The Balaban J connectivity index is 4.11. The lowest BCUT2D eigenvalue weighted by molar-refractivity contribution is -0.870. The molecule has 0 spiro atoms. The van der Waals surface area contributed by atoms with Crippen LogP contribution >= 0.6 is 7.82 Å². The largest absolute Gasteiger partial charge is 0.472 e. The number of unbranched alkanes of at least 4 members (excludes halogenated alkanes) is 35. The van der Waals surface area contributed by atoms with Crippen molar-refractivity contribution in [3.8, 4) is 0 Å². The van der Waals surface area contributed by atoms with E-state index in [2.05, 4.69) is 74.6 Å². The van der Waals surface area contributed by atoms with Crippen molar-refractivity contribution in [2.75, 3.05) is 47.5 Å². The Morgan fingerprint density at radius 2 is 0.711 bits per heavy atom. The molecule has 0 fully saturated rings. The average molecular weight is 1090 g/mol. The molecule has 2 atom stereocenters. The van der Waals surface area contributed by atoms with Crippen molar-refractivity contribution in [1.29, 1.82) is 0 Å². The van der Waals surface area contributed by atoms with Gasteiger partial charge in [-0.05, 0) is 83.5 Å². The van der Waals surface area contributed by atoms with Gasteiger partial charge in [-0.1, -0.05) is 261 Å². The van der Waals surface area contributed by atoms with Gasteiger partial charge in [0.25, 0.3) is 0 Å². The highest BCUT2D eigenvalue weighted by molar-refractivity contribution is 7.47. The van der Waals surface area contributed by atoms with Crippen molar-refractivity contribution in [3.63, 3.8) is 0 Å². The van der Waals surface area contributed by atoms with E-state index < -0.39 is 26.5 Å². The zero-order valence-corrected chi connectivity index (χ0v) is 51.4. The van der Waals surface area contributed by atoms with E-state index in [9.17, 15) is 19.0 Å². The van der Waals surface area contributed by atoms with Gasteiger partial charge in [-0.2, -0.15) is 0 Å². The van der Waals surface area contributed by atoms with Gasteiger partial charge in [0.2, 0.25) is 0 Å². The highest BCUT2D eigenvalue weighted by Gasteiger charge is 2.27. The monoisotopic (exact) mass is 1090 g/mol. The molecule has 1 N–H and O–H groups in total. The van der Waals surface area contributed by atoms with Gasteiger partial charge in [0.1, 0.15) is 19.8 Å². The van der Waals surface area contributed by atoms with E-state index in [1.54, 1.807) is 0 Å². The molecule has 0 aliphatic rings. The molecule has 0 aliphatic heterocycles. The van der Waals surface area contributed by atoms with Crippen LogP contribution < -0.4 is 0 Å². The van der Waals surface area contributed by atoms with Gasteiger partial charge in [0.15, 0.2) is 6.10 Å². The molecule has 76 heavy (non-hydrogen) atoms. The Hall–Kier alpha value is -2.29. The molecule has 0 radical (unpaired) electrons. The smallest absolute Gasteiger partial charge is 0.462 e. The van der Waals surface area contributed by atoms with Crippen molar-refractivity contribution < 1.29 is 42.1 Å². The number of nitrogens with zero attached hydrogens (tertiary/aromatic N) is 1. The number of allylic oxidation sites excluding steroid dienone is 10. The minimum atomic E-state index is -4.39. The van der Waals surface area contributed by atoms with Gasteiger partial charge < -0.3 is 18.9 Å². The SMILES string of the molecule is CCCCCCC/C=C\C/C=C\C/C=C\CCCCCCCCCCCCC(=O)OC(COC(=O)CCCCCCCCCCCCCCCCC/C=C\C/C=C\CCCCCCC)COP(=O)(O)OCC[N+](C)(C)C. The molecule has 0 amide bonds. The van der Waals surface area contributed by atoms with E-state index in [0.717, 1.165) is 57.8 Å². The first-order valence-electron chi connectivity index (χ1n) is 32.0. The molecule has 0 bridgehead atoms. The lowest BCUT2D eigenvalue weighted by Gasteiger charge is -2.24. The first-order chi connectivity index (χ1) is 37.0. The highest BCUT2D eigenvalue weighted by Crippen LogP contribution is 2.43. The van der Waals surface area contributed by atoms with Crippen LogP contribution in [0.4, 0.5) is 0 Å². The maximum atomic E-state index is 12.8. The van der Waals surface area contributed by atoms with Crippen LogP contribution in [0.25, 0.3) is 0 Å². The molecule has 0 aliphatic carbocycles. The first-order valence-corrected chi connectivity index (χ1v) is 33.5. The van der Waals surface area contributed by atoms with Crippen LogP contribution in [-0.2, 0) is 32.7 Å². The molecule has 0 saturated carbocycles. The fraction of sp³-hybridized carbons (Fsp3) is 0.818. The van der Waals surface area contributed by atoms with Crippen LogP contribution in [0.1, 0.15) is 296 Å². The number of hydrogen-bond donors (Lipinski definition) is 1. The molecule has 0 heterocycles. The molecule has 444 valence electrons. The van der Waals surface area contributed by atoms with Crippen LogP contribution in [-0.4, -0.2) is 74.9 Å². The van der Waals surface area contributed by atoms with Crippen LogP contribution in [0.5, 0.6) is 0 Å². The standard InChI is InChI=1S/C66H122NO8P/c1-6-8-10-12-14-16-18-20-22-24-26-28-30-32-33-35-36-38-40-42-44-46-48-50-52-54-56-58-65(68)72-62-64(63-74-76(70,71)73-61-60-67(3,4)5)75-66(69)59-57-55-53-51-49-47-45-43-41-39-37-34-31-29-27-25-23-21-19-17-15-13-11-9-7-2/h18-21,24-27,31,34,64H,6-17,22-23,28-30,32-33,35-63H2,1-5H3/p+1/b20-18-,21-19-,26-24-,27-25-,34-31-. The maximum Gasteiger partial charge on any atom is 0.472 e. The third kappa shape index (κ3) is 60.9. The highest BCUT2D eigenvalue weighted by atomic mass is 31.2. The number of quaternary nitrogens is 1. The van der Waals surface area contributed by atoms with Crippen LogP contribution in [0, 0.1) is 0 Å². The number of carbonyl (C=O) groups excluding carboxylic acids is 2. The Morgan fingerprint density at radius 1 is 0.408 bits per heavy atom.